The lowest BCUT2D eigenvalue weighted by Crippen LogP contribution is -2.14. The number of hydrogen-bond donors (Lipinski definition) is 0. The highest BCUT2D eigenvalue weighted by Crippen LogP contribution is 2.09. The van der Waals surface area contributed by atoms with Crippen molar-refractivity contribution in [2.24, 2.45) is 0 Å². The Hall–Kier alpha value is -1.29. The van der Waals surface area contributed by atoms with E-state index in [4.69, 9.17) is 4.74 Å². The van der Waals surface area contributed by atoms with Gasteiger partial charge in [-0.15, -0.1) is 0 Å². The Kier molecular flexibility index (Phi) is 5.41. The van der Waals surface area contributed by atoms with Crippen LogP contribution in [0.25, 0.3) is 0 Å². The summed E-state index contributed by atoms with van der Waals surface area (Å²) in [5.74, 6) is 0.317. The van der Waals surface area contributed by atoms with Crippen molar-refractivity contribution in [2.45, 2.75) is 20.0 Å². The molecule has 0 unspecified atom stereocenters. The van der Waals surface area contributed by atoms with Gasteiger partial charge in [-0.1, -0.05) is 12.1 Å². The third kappa shape index (κ3) is 4.53. The van der Waals surface area contributed by atoms with E-state index in [1.54, 1.807) is 38.1 Å². The number of carbonyl (C=O) groups excluding carboxylic acids is 2. The van der Waals surface area contributed by atoms with Crippen LogP contribution in [0.2, 0.25) is 0 Å². The second-order valence-corrected chi connectivity index (χ2v) is 6.84. The van der Waals surface area contributed by atoms with Gasteiger partial charge in [0.25, 0.3) is 0 Å². The highest BCUT2D eigenvalue weighted by molar-refractivity contribution is 7.96. The zero-order valence-electron chi connectivity index (χ0n) is 11.2. The Morgan fingerprint density at radius 2 is 1.61 bits per heavy atom. The molecule has 0 aliphatic rings. The molecule has 0 spiro atoms. The molecule has 0 aromatic heterocycles. The molecule has 0 heterocycles. The third-order valence-electron chi connectivity index (χ3n) is 2.21. The van der Waals surface area contributed by atoms with Crippen molar-refractivity contribution in [1.29, 1.82) is 0 Å². The molecule has 3 nitrogen and oxygen atoms in total. The number of Topliss-reactive ketones (excluding diaryl/α,β-unsaturated/α-hetero) is 1. The first-order chi connectivity index (χ1) is 8.40. The van der Waals surface area contributed by atoms with E-state index in [1.807, 2.05) is 12.5 Å². The predicted octanol–water partition coefficient (Wildman–Crippen LogP) is 2.31. The standard InChI is InChI=1S/C14H19O3S/c1-10(2)17-14(16)12-7-5-11(6-8-12)13(15)9-18(3)4/h5-8,10H,9H2,1-4H3/q+1. The van der Waals surface area contributed by atoms with Gasteiger partial charge in [0, 0.05) is 5.56 Å². The minimum Gasteiger partial charge on any atom is -0.459 e. The fraction of sp³-hybridized carbons (Fsp3) is 0.429. The SMILES string of the molecule is CC(C)OC(=O)c1ccc(C(=O)C[S+](C)C)cc1. The predicted molar refractivity (Wildman–Crippen MR) is 75.4 cm³/mol. The van der Waals surface area contributed by atoms with Gasteiger partial charge in [0.2, 0.25) is 5.78 Å². The Morgan fingerprint density at radius 3 is 2.06 bits per heavy atom. The van der Waals surface area contributed by atoms with Crippen LogP contribution < -0.4 is 0 Å². The van der Waals surface area contributed by atoms with E-state index >= 15 is 0 Å². The largest absolute Gasteiger partial charge is 0.459 e. The van der Waals surface area contributed by atoms with E-state index in [0.29, 0.717) is 16.9 Å². The normalized spacial score (nSPS) is 10.8. The fourth-order valence-electron chi connectivity index (χ4n) is 1.42. The molecule has 1 aromatic rings. The van der Waals surface area contributed by atoms with Gasteiger partial charge in [0.1, 0.15) is 0 Å². The average molecular weight is 267 g/mol. The summed E-state index contributed by atoms with van der Waals surface area (Å²) in [5.41, 5.74) is 1.13. The zero-order valence-corrected chi connectivity index (χ0v) is 12.0. The maximum Gasteiger partial charge on any atom is 0.338 e. The van der Waals surface area contributed by atoms with Gasteiger partial charge in [-0.05, 0) is 36.9 Å². The summed E-state index contributed by atoms with van der Waals surface area (Å²) in [6.07, 6.45) is 3.93. The highest BCUT2D eigenvalue weighted by atomic mass is 32.2. The molecule has 0 atom stereocenters. The first-order valence-electron chi connectivity index (χ1n) is 5.78. The van der Waals surface area contributed by atoms with E-state index in [2.05, 4.69) is 0 Å². The van der Waals surface area contributed by atoms with Gasteiger partial charge in [0.05, 0.1) is 24.2 Å². The molecule has 0 saturated carbocycles. The first kappa shape index (κ1) is 14.8. The Balaban J connectivity index is 2.74. The van der Waals surface area contributed by atoms with Crippen LogP contribution in [0.5, 0.6) is 0 Å². The van der Waals surface area contributed by atoms with Crippen LogP contribution in [0.15, 0.2) is 24.3 Å². The Morgan fingerprint density at radius 1 is 1.11 bits per heavy atom. The summed E-state index contributed by atoms with van der Waals surface area (Å²) >= 11 is 0. The quantitative estimate of drug-likeness (QED) is 0.467. The number of ketones is 1. The van der Waals surface area contributed by atoms with Gasteiger partial charge >= 0.3 is 5.97 Å². The number of hydrogen-bond acceptors (Lipinski definition) is 3. The van der Waals surface area contributed by atoms with Crippen LogP contribution in [-0.4, -0.2) is 36.1 Å². The summed E-state index contributed by atoms with van der Waals surface area (Å²) in [6.45, 7) is 3.61. The molecule has 0 radical (unpaired) electrons. The third-order valence-corrected chi connectivity index (χ3v) is 3.04. The molecule has 0 fully saturated rings. The second-order valence-electron chi connectivity index (χ2n) is 4.58. The van der Waals surface area contributed by atoms with Gasteiger partial charge < -0.3 is 4.74 Å². The number of benzene rings is 1. The van der Waals surface area contributed by atoms with Crippen LogP contribution >= 0.6 is 0 Å². The van der Waals surface area contributed by atoms with Crippen LogP contribution in [0.4, 0.5) is 0 Å². The summed E-state index contributed by atoms with van der Waals surface area (Å²) < 4.78 is 5.08. The molecule has 0 bridgehead atoms. The maximum absolute atomic E-state index is 11.8. The van der Waals surface area contributed by atoms with Crippen molar-refractivity contribution in [3.63, 3.8) is 0 Å². The molecule has 0 aliphatic carbocycles. The zero-order chi connectivity index (χ0) is 13.7. The Bertz CT molecular complexity index is 380. The number of rotatable bonds is 5. The van der Waals surface area contributed by atoms with Crippen molar-refractivity contribution in [2.75, 3.05) is 18.3 Å². The molecule has 0 saturated heterocycles. The molecular weight excluding hydrogens is 248 g/mol. The van der Waals surface area contributed by atoms with Gasteiger partial charge in [-0.25, -0.2) is 4.79 Å². The van der Waals surface area contributed by atoms with E-state index in [0.717, 1.165) is 0 Å². The van der Waals surface area contributed by atoms with E-state index in [1.165, 1.54) is 0 Å². The van der Waals surface area contributed by atoms with Crippen molar-refractivity contribution in [3.05, 3.63) is 35.4 Å². The summed E-state index contributed by atoms with van der Waals surface area (Å²) in [5, 5.41) is 0. The smallest absolute Gasteiger partial charge is 0.338 e. The van der Waals surface area contributed by atoms with Crippen LogP contribution in [0.3, 0.4) is 0 Å². The van der Waals surface area contributed by atoms with Crippen molar-refractivity contribution < 1.29 is 14.3 Å². The van der Waals surface area contributed by atoms with Crippen molar-refractivity contribution >= 4 is 22.6 Å². The molecule has 0 amide bonds. The van der Waals surface area contributed by atoms with Gasteiger partial charge in [0.15, 0.2) is 5.75 Å². The van der Waals surface area contributed by atoms with E-state index < -0.39 is 0 Å². The Labute approximate surface area is 111 Å². The van der Waals surface area contributed by atoms with Crippen LogP contribution in [-0.2, 0) is 15.6 Å². The lowest BCUT2D eigenvalue weighted by Gasteiger charge is -2.07. The molecule has 0 aliphatic heterocycles. The summed E-state index contributed by atoms with van der Waals surface area (Å²) in [7, 11) is 0.0908. The van der Waals surface area contributed by atoms with E-state index in [9.17, 15) is 9.59 Å². The molecule has 18 heavy (non-hydrogen) atoms. The van der Waals surface area contributed by atoms with E-state index in [-0.39, 0.29) is 28.8 Å². The van der Waals surface area contributed by atoms with Gasteiger partial charge in [-0.3, -0.25) is 4.79 Å². The minimum atomic E-state index is -0.352. The second kappa shape index (κ2) is 6.59. The number of carbonyl (C=O) groups is 2. The van der Waals surface area contributed by atoms with Crippen molar-refractivity contribution in [1.82, 2.24) is 0 Å². The topological polar surface area (TPSA) is 43.4 Å². The summed E-state index contributed by atoms with van der Waals surface area (Å²) in [6, 6.07) is 6.65. The molecular formula is C14H19O3S+. The van der Waals surface area contributed by atoms with Crippen LogP contribution in [0.1, 0.15) is 34.6 Å². The number of ether oxygens (including phenoxy) is 1. The van der Waals surface area contributed by atoms with Gasteiger partial charge in [-0.2, -0.15) is 0 Å². The summed E-state index contributed by atoms with van der Waals surface area (Å²) in [4.78, 5) is 23.4. The fourth-order valence-corrected chi connectivity index (χ4v) is 2.11. The highest BCUT2D eigenvalue weighted by Gasteiger charge is 2.15. The minimum absolute atomic E-state index is 0.0908. The van der Waals surface area contributed by atoms with Crippen LogP contribution in [0, 0.1) is 0 Å². The number of esters is 1. The molecule has 0 N–H and O–H groups in total. The average Bonchev–Trinajstić information content (AvgIpc) is 2.27. The monoisotopic (exact) mass is 267 g/mol. The lowest BCUT2D eigenvalue weighted by atomic mass is 10.1. The first-order valence-corrected chi connectivity index (χ1v) is 7.99. The molecule has 4 heteroatoms. The maximum atomic E-state index is 11.8. The molecule has 1 aromatic carbocycles. The lowest BCUT2D eigenvalue weighted by molar-refractivity contribution is 0.0377. The van der Waals surface area contributed by atoms with Crippen molar-refractivity contribution in [3.8, 4) is 0 Å². The molecule has 1 rings (SSSR count). The molecule has 98 valence electrons.